The zero-order valence-electron chi connectivity index (χ0n) is 10.2. The summed E-state index contributed by atoms with van der Waals surface area (Å²) in [5.41, 5.74) is 2.25. The minimum Gasteiger partial charge on any atom is -0.488 e. The Bertz CT molecular complexity index is 704. The van der Waals surface area contributed by atoms with Gasteiger partial charge in [-0.05, 0) is 17.7 Å². The average Bonchev–Trinajstić information content (AvgIpc) is 2.90. The van der Waals surface area contributed by atoms with E-state index in [1.165, 1.54) is 0 Å². The van der Waals surface area contributed by atoms with Crippen LogP contribution in [0.5, 0.6) is 5.75 Å². The number of aromatic nitrogens is 2. The molecule has 3 rings (SSSR count). The molecule has 3 aromatic rings. The summed E-state index contributed by atoms with van der Waals surface area (Å²) >= 11 is 0. The molecule has 0 aliphatic rings. The summed E-state index contributed by atoms with van der Waals surface area (Å²) in [5, 5.41) is 0.820. The Kier molecular flexibility index (Phi) is 2.98. The van der Waals surface area contributed by atoms with Gasteiger partial charge in [-0.25, -0.2) is 4.98 Å². The van der Waals surface area contributed by atoms with E-state index in [4.69, 9.17) is 4.74 Å². The van der Waals surface area contributed by atoms with Crippen molar-refractivity contribution in [1.82, 2.24) is 9.97 Å². The number of hydrogen-bond donors (Lipinski definition) is 1. The molecule has 2 heterocycles. The second-order valence-corrected chi connectivity index (χ2v) is 4.19. The normalized spacial score (nSPS) is 10.5. The third-order valence-corrected chi connectivity index (χ3v) is 2.88. The van der Waals surface area contributed by atoms with E-state index in [0.29, 0.717) is 17.9 Å². The predicted molar refractivity (Wildman–Crippen MR) is 72.3 cm³/mol. The van der Waals surface area contributed by atoms with E-state index in [2.05, 4.69) is 9.97 Å². The molecule has 94 valence electrons. The van der Waals surface area contributed by atoms with Crippen molar-refractivity contribution in [3.8, 4) is 5.75 Å². The van der Waals surface area contributed by atoms with Crippen LogP contribution in [0, 0.1) is 0 Å². The molecule has 0 aliphatic heterocycles. The van der Waals surface area contributed by atoms with Crippen molar-refractivity contribution in [2.75, 3.05) is 0 Å². The molecule has 0 saturated heterocycles. The van der Waals surface area contributed by atoms with E-state index in [0.717, 1.165) is 23.0 Å². The van der Waals surface area contributed by atoms with Crippen molar-refractivity contribution in [1.29, 1.82) is 0 Å². The zero-order valence-corrected chi connectivity index (χ0v) is 10.2. The summed E-state index contributed by atoms with van der Waals surface area (Å²) in [6.45, 7) is 0.488. The van der Waals surface area contributed by atoms with Gasteiger partial charge in [0, 0.05) is 6.20 Å². The summed E-state index contributed by atoms with van der Waals surface area (Å²) < 4.78 is 5.79. The van der Waals surface area contributed by atoms with Crippen LogP contribution in [0.3, 0.4) is 0 Å². The minimum atomic E-state index is 0.488. The zero-order chi connectivity index (χ0) is 13.1. The van der Waals surface area contributed by atoms with Crippen LogP contribution in [0.4, 0.5) is 0 Å². The Hall–Kier alpha value is -2.62. The molecular weight excluding hydrogens is 240 g/mol. The Morgan fingerprint density at radius 2 is 2.05 bits per heavy atom. The summed E-state index contributed by atoms with van der Waals surface area (Å²) in [7, 11) is 0. The molecule has 4 heteroatoms. The first-order valence-electron chi connectivity index (χ1n) is 5.96. The standard InChI is InChI=1S/C15H12N2O2/c18-9-12-8-13-14(6-7-16-15(13)17-12)19-10-11-4-2-1-3-5-11/h1-9H,10H2,(H,16,17). The lowest BCUT2D eigenvalue weighted by Gasteiger charge is -2.06. The highest BCUT2D eigenvalue weighted by Gasteiger charge is 2.07. The average molecular weight is 252 g/mol. The number of hydrogen-bond acceptors (Lipinski definition) is 3. The second kappa shape index (κ2) is 4.94. The number of benzene rings is 1. The Balaban J connectivity index is 1.88. The van der Waals surface area contributed by atoms with Crippen molar-refractivity contribution in [2.24, 2.45) is 0 Å². The van der Waals surface area contributed by atoms with Crippen LogP contribution in [-0.4, -0.2) is 16.3 Å². The first kappa shape index (κ1) is 11.5. The first-order valence-corrected chi connectivity index (χ1v) is 5.96. The number of aldehydes is 1. The third-order valence-electron chi connectivity index (χ3n) is 2.88. The van der Waals surface area contributed by atoms with Gasteiger partial charge in [-0.2, -0.15) is 0 Å². The molecule has 0 fully saturated rings. The van der Waals surface area contributed by atoms with Crippen LogP contribution >= 0.6 is 0 Å². The largest absolute Gasteiger partial charge is 0.488 e. The van der Waals surface area contributed by atoms with E-state index in [1.54, 1.807) is 18.3 Å². The highest BCUT2D eigenvalue weighted by Crippen LogP contribution is 2.25. The van der Waals surface area contributed by atoms with E-state index >= 15 is 0 Å². The van der Waals surface area contributed by atoms with Gasteiger partial charge in [0.15, 0.2) is 6.29 Å². The van der Waals surface area contributed by atoms with Crippen molar-refractivity contribution in [3.63, 3.8) is 0 Å². The van der Waals surface area contributed by atoms with E-state index < -0.39 is 0 Å². The Morgan fingerprint density at radius 3 is 2.84 bits per heavy atom. The molecule has 1 aromatic carbocycles. The topological polar surface area (TPSA) is 55.0 Å². The van der Waals surface area contributed by atoms with Gasteiger partial charge in [-0.1, -0.05) is 30.3 Å². The molecular formula is C15H12N2O2. The monoisotopic (exact) mass is 252 g/mol. The lowest BCUT2D eigenvalue weighted by atomic mass is 10.2. The number of fused-ring (bicyclic) bond motifs is 1. The number of carbonyl (C=O) groups is 1. The molecule has 0 saturated carbocycles. The van der Waals surface area contributed by atoms with Gasteiger partial charge in [-0.15, -0.1) is 0 Å². The Morgan fingerprint density at radius 1 is 1.21 bits per heavy atom. The molecule has 0 radical (unpaired) electrons. The number of nitrogens with one attached hydrogen (secondary N) is 1. The summed E-state index contributed by atoms with van der Waals surface area (Å²) in [5.74, 6) is 0.721. The van der Waals surface area contributed by atoms with Gasteiger partial charge in [0.05, 0.1) is 11.1 Å². The van der Waals surface area contributed by atoms with E-state index in [9.17, 15) is 4.79 Å². The summed E-state index contributed by atoms with van der Waals surface area (Å²) in [6, 6.07) is 13.5. The lowest BCUT2D eigenvalue weighted by molar-refractivity contribution is 0.112. The van der Waals surface area contributed by atoms with E-state index in [-0.39, 0.29) is 0 Å². The van der Waals surface area contributed by atoms with Crippen molar-refractivity contribution in [2.45, 2.75) is 6.61 Å². The van der Waals surface area contributed by atoms with Crippen molar-refractivity contribution >= 4 is 17.3 Å². The number of pyridine rings is 1. The number of carbonyl (C=O) groups excluding carboxylic acids is 1. The van der Waals surface area contributed by atoms with Crippen LogP contribution < -0.4 is 4.74 Å². The predicted octanol–water partition coefficient (Wildman–Crippen LogP) is 2.95. The van der Waals surface area contributed by atoms with Gasteiger partial charge in [0.25, 0.3) is 0 Å². The fraction of sp³-hybridized carbons (Fsp3) is 0.0667. The molecule has 0 amide bonds. The number of H-pyrrole nitrogens is 1. The fourth-order valence-corrected chi connectivity index (χ4v) is 1.95. The quantitative estimate of drug-likeness (QED) is 0.726. The number of nitrogens with zero attached hydrogens (tertiary/aromatic N) is 1. The van der Waals surface area contributed by atoms with Gasteiger partial charge < -0.3 is 9.72 Å². The molecule has 0 bridgehead atoms. The molecule has 0 unspecified atom stereocenters. The minimum absolute atomic E-state index is 0.488. The molecule has 1 N–H and O–H groups in total. The fourth-order valence-electron chi connectivity index (χ4n) is 1.95. The summed E-state index contributed by atoms with van der Waals surface area (Å²) in [4.78, 5) is 17.9. The van der Waals surface area contributed by atoms with Crippen molar-refractivity contribution in [3.05, 3.63) is 59.9 Å². The number of aromatic amines is 1. The highest BCUT2D eigenvalue weighted by atomic mass is 16.5. The molecule has 0 atom stereocenters. The molecule has 4 nitrogen and oxygen atoms in total. The third kappa shape index (κ3) is 2.33. The molecule has 19 heavy (non-hydrogen) atoms. The SMILES string of the molecule is O=Cc1cc2c(OCc3ccccc3)ccnc2[nH]1. The lowest BCUT2D eigenvalue weighted by Crippen LogP contribution is -1.95. The second-order valence-electron chi connectivity index (χ2n) is 4.19. The van der Waals surface area contributed by atoms with Crippen LogP contribution in [0.15, 0.2) is 48.7 Å². The number of rotatable bonds is 4. The van der Waals surface area contributed by atoms with Crippen LogP contribution in [0.2, 0.25) is 0 Å². The Labute approximate surface area is 110 Å². The number of ether oxygens (including phenoxy) is 1. The smallest absolute Gasteiger partial charge is 0.166 e. The van der Waals surface area contributed by atoms with Crippen LogP contribution in [0.1, 0.15) is 16.1 Å². The molecule has 0 aliphatic carbocycles. The van der Waals surface area contributed by atoms with Gasteiger partial charge in [0.2, 0.25) is 0 Å². The van der Waals surface area contributed by atoms with Gasteiger partial charge in [-0.3, -0.25) is 4.79 Å². The maximum absolute atomic E-state index is 10.8. The highest BCUT2D eigenvalue weighted by molar-refractivity contribution is 5.89. The molecule has 2 aromatic heterocycles. The van der Waals surface area contributed by atoms with E-state index in [1.807, 2.05) is 30.3 Å². The molecule has 0 spiro atoms. The first-order chi connectivity index (χ1) is 9.36. The van der Waals surface area contributed by atoms with Gasteiger partial charge in [0.1, 0.15) is 18.0 Å². The maximum atomic E-state index is 10.8. The maximum Gasteiger partial charge on any atom is 0.166 e. The summed E-state index contributed by atoms with van der Waals surface area (Å²) in [6.07, 6.45) is 2.43. The van der Waals surface area contributed by atoms with Crippen molar-refractivity contribution < 1.29 is 9.53 Å². The van der Waals surface area contributed by atoms with Crippen LogP contribution in [0.25, 0.3) is 11.0 Å². The van der Waals surface area contributed by atoms with Crippen LogP contribution in [-0.2, 0) is 6.61 Å². The van der Waals surface area contributed by atoms with Gasteiger partial charge >= 0.3 is 0 Å².